The molecular weight excluding hydrogens is 254 g/mol. The summed E-state index contributed by atoms with van der Waals surface area (Å²) < 4.78 is 0. The van der Waals surface area contributed by atoms with Crippen LogP contribution in [-0.4, -0.2) is 38.0 Å². The highest BCUT2D eigenvalue weighted by Crippen LogP contribution is 2.13. The minimum absolute atomic E-state index is 0. The first-order valence-corrected chi connectivity index (χ1v) is 6.51. The molecule has 2 fully saturated rings. The fourth-order valence-corrected chi connectivity index (χ4v) is 2.50. The Hall–Kier alpha value is -0.810. The van der Waals surface area contributed by atoms with E-state index in [9.17, 15) is 9.59 Å². The van der Waals surface area contributed by atoms with Gasteiger partial charge in [-0.15, -0.1) is 12.4 Å². The number of hydrogen-bond donors (Lipinski definition) is 3. The molecule has 0 radical (unpaired) electrons. The van der Waals surface area contributed by atoms with E-state index < -0.39 is 0 Å². The molecule has 0 aromatic rings. The lowest BCUT2D eigenvalue weighted by molar-refractivity contribution is -0.126. The summed E-state index contributed by atoms with van der Waals surface area (Å²) >= 11 is 0. The Morgan fingerprint density at radius 3 is 2.83 bits per heavy atom. The Labute approximate surface area is 114 Å². The predicted octanol–water partition coefficient (Wildman–Crippen LogP) is 0.0502. The normalized spacial score (nSPS) is 27.2. The molecule has 0 bridgehead atoms. The van der Waals surface area contributed by atoms with Gasteiger partial charge in [0.1, 0.15) is 0 Å². The maximum absolute atomic E-state index is 11.7. The number of carbonyl (C=O) groups excluding carboxylic acids is 2. The van der Waals surface area contributed by atoms with Crippen LogP contribution in [0.3, 0.4) is 0 Å². The summed E-state index contributed by atoms with van der Waals surface area (Å²) in [5, 5.41) is 8.98. The first kappa shape index (κ1) is 15.2. The standard InChI is InChI=1S/C12H21N3O2.ClH/c16-11-6-10(8-15-11)12(17)14-5-3-9-2-1-4-13-7-9;/h9-10,13H,1-8H2,(H,14,17)(H,15,16);1H. The van der Waals surface area contributed by atoms with Gasteiger partial charge in [0.25, 0.3) is 0 Å². The minimum atomic E-state index is -0.160. The molecule has 2 saturated heterocycles. The zero-order valence-corrected chi connectivity index (χ0v) is 11.4. The third kappa shape index (κ3) is 4.46. The smallest absolute Gasteiger partial charge is 0.225 e. The molecule has 0 saturated carbocycles. The van der Waals surface area contributed by atoms with Crippen LogP contribution in [0.5, 0.6) is 0 Å². The van der Waals surface area contributed by atoms with Crippen LogP contribution < -0.4 is 16.0 Å². The number of hydrogen-bond acceptors (Lipinski definition) is 3. The first-order valence-electron chi connectivity index (χ1n) is 6.51. The number of rotatable bonds is 4. The van der Waals surface area contributed by atoms with Gasteiger partial charge in [0, 0.05) is 19.5 Å². The van der Waals surface area contributed by atoms with Crippen molar-refractivity contribution in [3.8, 4) is 0 Å². The zero-order valence-electron chi connectivity index (χ0n) is 10.5. The van der Waals surface area contributed by atoms with Crippen molar-refractivity contribution in [2.75, 3.05) is 26.2 Å². The van der Waals surface area contributed by atoms with Gasteiger partial charge < -0.3 is 16.0 Å². The monoisotopic (exact) mass is 275 g/mol. The number of nitrogens with one attached hydrogen (secondary N) is 3. The van der Waals surface area contributed by atoms with E-state index in [2.05, 4.69) is 16.0 Å². The Bertz CT molecular complexity index is 293. The molecule has 2 atom stereocenters. The van der Waals surface area contributed by atoms with E-state index in [0.29, 0.717) is 18.9 Å². The quantitative estimate of drug-likeness (QED) is 0.679. The highest BCUT2D eigenvalue weighted by molar-refractivity contribution is 5.89. The van der Waals surface area contributed by atoms with Gasteiger partial charge in [-0.25, -0.2) is 0 Å². The van der Waals surface area contributed by atoms with Crippen molar-refractivity contribution in [2.45, 2.75) is 25.7 Å². The average Bonchev–Trinajstić information content (AvgIpc) is 2.77. The fourth-order valence-electron chi connectivity index (χ4n) is 2.50. The zero-order chi connectivity index (χ0) is 12.1. The largest absolute Gasteiger partial charge is 0.356 e. The van der Waals surface area contributed by atoms with Gasteiger partial charge >= 0.3 is 0 Å². The molecule has 3 N–H and O–H groups in total. The van der Waals surface area contributed by atoms with Crippen molar-refractivity contribution in [1.29, 1.82) is 0 Å². The third-order valence-electron chi connectivity index (χ3n) is 3.60. The number of carbonyl (C=O) groups is 2. The van der Waals surface area contributed by atoms with E-state index in [1.54, 1.807) is 0 Å². The molecule has 2 heterocycles. The van der Waals surface area contributed by atoms with E-state index in [1.807, 2.05) is 0 Å². The van der Waals surface area contributed by atoms with E-state index in [-0.39, 0.29) is 30.1 Å². The van der Waals surface area contributed by atoms with Gasteiger partial charge in [-0.2, -0.15) is 0 Å². The molecule has 2 aliphatic heterocycles. The van der Waals surface area contributed by atoms with E-state index in [4.69, 9.17) is 0 Å². The molecule has 5 nitrogen and oxygen atoms in total. The van der Waals surface area contributed by atoms with E-state index in [0.717, 1.165) is 26.1 Å². The van der Waals surface area contributed by atoms with Crippen molar-refractivity contribution in [2.24, 2.45) is 11.8 Å². The molecule has 104 valence electrons. The topological polar surface area (TPSA) is 70.2 Å². The van der Waals surface area contributed by atoms with Gasteiger partial charge in [0.2, 0.25) is 11.8 Å². The molecular formula is C12H22ClN3O2. The van der Waals surface area contributed by atoms with Crippen molar-refractivity contribution >= 4 is 24.2 Å². The second-order valence-corrected chi connectivity index (χ2v) is 5.00. The molecule has 0 spiro atoms. The highest BCUT2D eigenvalue weighted by atomic mass is 35.5. The highest BCUT2D eigenvalue weighted by Gasteiger charge is 2.27. The summed E-state index contributed by atoms with van der Waals surface area (Å²) in [5.74, 6) is 0.535. The molecule has 0 aliphatic carbocycles. The van der Waals surface area contributed by atoms with Gasteiger partial charge in [0.15, 0.2) is 0 Å². The van der Waals surface area contributed by atoms with Gasteiger partial charge in [-0.1, -0.05) is 0 Å². The summed E-state index contributed by atoms with van der Waals surface area (Å²) in [6.07, 6.45) is 3.87. The molecule has 2 rings (SSSR count). The molecule has 2 amide bonds. The third-order valence-corrected chi connectivity index (χ3v) is 3.60. The Balaban J connectivity index is 0.00000162. The average molecular weight is 276 g/mol. The Morgan fingerprint density at radius 1 is 1.39 bits per heavy atom. The number of amides is 2. The minimum Gasteiger partial charge on any atom is -0.356 e. The van der Waals surface area contributed by atoms with Crippen LogP contribution in [0.25, 0.3) is 0 Å². The summed E-state index contributed by atoms with van der Waals surface area (Å²) in [7, 11) is 0. The summed E-state index contributed by atoms with van der Waals surface area (Å²) in [5.41, 5.74) is 0. The van der Waals surface area contributed by atoms with Gasteiger partial charge in [0.05, 0.1) is 5.92 Å². The van der Waals surface area contributed by atoms with Crippen LogP contribution in [-0.2, 0) is 9.59 Å². The second-order valence-electron chi connectivity index (χ2n) is 5.00. The maximum Gasteiger partial charge on any atom is 0.225 e. The van der Waals surface area contributed by atoms with Crippen molar-refractivity contribution in [1.82, 2.24) is 16.0 Å². The lowest BCUT2D eigenvalue weighted by Gasteiger charge is -2.22. The molecule has 0 aromatic carbocycles. The SMILES string of the molecule is Cl.O=C1CC(C(=O)NCCC2CCCNC2)CN1. The molecule has 0 aromatic heterocycles. The molecule has 18 heavy (non-hydrogen) atoms. The van der Waals surface area contributed by atoms with Gasteiger partial charge in [-0.3, -0.25) is 9.59 Å². The Kier molecular flexibility index (Phi) is 6.43. The van der Waals surface area contributed by atoms with Crippen LogP contribution in [0.2, 0.25) is 0 Å². The second kappa shape index (κ2) is 7.59. The first-order chi connectivity index (χ1) is 8.25. The lowest BCUT2D eigenvalue weighted by Crippen LogP contribution is -2.36. The molecule has 2 aliphatic rings. The maximum atomic E-state index is 11.7. The van der Waals surface area contributed by atoms with Crippen molar-refractivity contribution in [3.63, 3.8) is 0 Å². The predicted molar refractivity (Wildman–Crippen MR) is 71.6 cm³/mol. The van der Waals surface area contributed by atoms with Crippen LogP contribution in [0.4, 0.5) is 0 Å². The van der Waals surface area contributed by atoms with E-state index in [1.165, 1.54) is 12.8 Å². The van der Waals surface area contributed by atoms with E-state index >= 15 is 0 Å². The van der Waals surface area contributed by atoms with Crippen LogP contribution in [0.1, 0.15) is 25.7 Å². The molecule has 2 unspecified atom stereocenters. The van der Waals surface area contributed by atoms with Crippen LogP contribution in [0.15, 0.2) is 0 Å². The van der Waals surface area contributed by atoms with Crippen molar-refractivity contribution in [3.05, 3.63) is 0 Å². The summed E-state index contributed by atoms with van der Waals surface area (Å²) in [4.78, 5) is 22.7. The van der Waals surface area contributed by atoms with Crippen LogP contribution >= 0.6 is 12.4 Å². The Morgan fingerprint density at radius 2 is 2.22 bits per heavy atom. The number of halogens is 1. The lowest BCUT2D eigenvalue weighted by atomic mass is 9.96. The van der Waals surface area contributed by atoms with Gasteiger partial charge in [-0.05, 0) is 38.3 Å². The fraction of sp³-hybridized carbons (Fsp3) is 0.833. The number of piperidine rings is 1. The summed E-state index contributed by atoms with van der Waals surface area (Å²) in [6, 6.07) is 0. The summed E-state index contributed by atoms with van der Waals surface area (Å²) in [6.45, 7) is 3.42. The van der Waals surface area contributed by atoms with Crippen LogP contribution in [0, 0.1) is 11.8 Å². The molecule has 6 heteroatoms. The van der Waals surface area contributed by atoms with Crippen molar-refractivity contribution < 1.29 is 9.59 Å².